The van der Waals surface area contributed by atoms with Crippen molar-refractivity contribution >= 4 is 29.2 Å². The fraction of sp³-hybridized carbons (Fsp3) is 0.200. The minimum Gasteiger partial charge on any atom is -0.352 e. The summed E-state index contributed by atoms with van der Waals surface area (Å²) in [4.78, 5) is 8.69. The van der Waals surface area contributed by atoms with E-state index in [1.165, 1.54) is 5.56 Å². The predicted octanol–water partition coefficient (Wildman–Crippen LogP) is 4.10. The third-order valence-corrected chi connectivity index (χ3v) is 4.68. The van der Waals surface area contributed by atoms with Crippen LogP contribution in [0.25, 0.3) is 0 Å². The molecule has 27 heavy (non-hydrogen) atoms. The third-order valence-electron chi connectivity index (χ3n) is 4.10. The Morgan fingerprint density at radius 2 is 1.85 bits per heavy atom. The van der Waals surface area contributed by atoms with Crippen LogP contribution in [0.15, 0.2) is 65.9 Å². The molecule has 0 radical (unpaired) electrons. The highest BCUT2D eigenvalue weighted by molar-refractivity contribution is 6.35. The minimum atomic E-state index is 0.550. The first-order valence-corrected chi connectivity index (χ1v) is 9.33. The first-order chi connectivity index (χ1) is 13.2. The summed E-state index contributed by atoms with van der Waals surface area (Å²) in [6, 6.07) is 15.8. The molecule has 2 N–H and O–H groups in total. The number of hydrogen-bond donors (Lipinski definition) is 2. The monoisotopic (exact) mass is 401 g/mol. The van der Waals surface area contributed by atoms with E-state index in [1.54, 1.807) is 13.1 Å². The Hall–Kier alpha value is -2.50. The Bertz CT molecular complexity index is 906. The van der Waals surface area contributed by atoms with E-state index in [2.05, 4.69) is 37.3 Å². The third kappa shape index (κ3) is 5.49. The number of nitrogens with zero attached hydrogens (tertiary/aromatic N) is 3. The fourth-order valence-electron chi connectivity index (χ4n) is 2.66. The molecule has 5 nitrogen and oxygen atoms in total. The number of benzene rings is 2. The summed E-state index contributed by atoms with van der Waals surface area (Å²) in [5.41, 5.74) is 2.19. The number of guanidine groups is 1. The first-order valence-electron chi connectivity index (χ1n) is 8.58. The van der Waals surface area contributed by atoms with E-state index in [4.69, 9.17) is 23.2 Å². The first kappa shape index (κ1) is 19.3. The molecular formula is C20H21Cl2N5. The zero-order valence-corrected chi connectivity index (χ0v) is 16.5. The van der Waals surface area contributed by atoms with Crippen LogP contribution < -0.4 is 10.6 Å². The SMILES string of the molecule is CN=C(NCc1ccc(Cl)cc1Cl)NCc1nccn1Cc1ccccc1. The van der Waals surface area contributed by atoms with Crippen molar-refractivity contribution in [2.45, 2.75) is 19.6 Å². The molecule has 3 rings (SSSR count). The number of rotatable bonds is 6. The van der Waals surface area contributed by atoms with Crippen LogP contribution in [0.4, 0.5) is 0 Å². The van der Waals surface area contributed by atoms with Crippen molar-refractivity contribution in [3.63, 3.8) is 0 Å². The average molecular weight is 402 g/mol. The van der Waals surface area contributed by atoms with E-state index in [9.17, 15) is 0 Å². The maximum atomic E-state index is 6.21. The number of imidazole rings is 1. The van der Waals surface area contributed by atoms with Gasteiger partial charge in [0.15, 0.2) is 5.96 Å². The molecule has 0 saturated heterocycles. The van der Waals surface area contributed by atoms with Crippen molar-refractivity contribution in [2.75, 3.05) is 7.05 Å². The van der Waals surface area contributed by atoms with Gasteiger partial charge in [0.2, 0.25) is 0 Å². The van der Waals surface area contributed by atoms with Gasteiger partial charge in [0.1, 0.15) is 5.82 Å². The van der Waals surface area contributed by atoms with Crippen molar-refractivity contribution in [1.29, 1.82) is 0 Å². The molecule has 1 heterocycles. The van der Waals surface area contributed by atoms with Gasteiger partial charge < -0.3 is 15.2 Å². The van der Waals surface area contributed by atoms with Crippen LogP contribution in [0.3, 0.4) is 0 Å². The number of hydrogen-bond acceptors (Lipinski definition) is 2. The van der Waals surface area contributed by atoms with Crippen LogP contribution in [-0.2, 0) is 19.6 Å². The van der Waals surface area contributed by atoms with E-state index < -0.39 is 0 Å². The van der Waals surface area contributed by atoms with Gasteiger partial charge >= 0.3 is 0 Å². The van der Waals surface area contributed by atoms with Gasteiger partial charge in [0.25, 0.3) is 0 Å². The molecule has 0 spiro atoms. The lowest BCUT2D eigenvalue weighted by Crippen LogP contribution is -2.37. The molecule has 0 amide bonds. The van der Waals surface area contributed by atoms with Gasteiger partial charge in [0.05, 0.1) is 6.54 Å². The Balaban J connectivity index is 1.56. The second kappa shape index (κ2) is 9.44. The number of aromatic nitrogens is 2. The van der Waals surface area contributed by atoms with Gasteiger partial charge in [0, 0.05) is 42.6 Å². The van der Waals surface area contributed by atoms with E-state index in [0.29, 0.717) is 29.1 Å². The van der Waals surface area contributed by atoms with Crippen LogP contribution >= 0.6 is 23.2 Å². The van der Waals surface area contributed by atoms with Crippen molar-refractivity contribution in [2.24, 2.45) is 4.99 Å². The quantitative estimate of drug-likeness (QED) is 0.482. The molecule has 2 aromatic carbocycles. The van der Waals surface area contributed by atoms with Gasteiger partial charge in [-0.25, -0.2) is 4.98 Å². The second-order valence-corrected chi connectivity index (χ2v) is 6.82. The second-order valence-electron chi connectivity index (χ2n) is 5.97. The van der Waals surface area contributed by atoms with Crippen molar-refractivity contribution < 1.29 is 0 Å². The normalized spacial score (nSPS) is 11.4. The molecule has 7 heteroatoms. The molecule has 0 aliphatic rings. The largest absolute Gasteiger partial charge is 0.352 e. The summed E-state index contributed by atoms with van der Waals surface area (Å²) in [7, 11) is 1.73. The smallest absolute Gasteiger partial charge is 0.191 e. The van der Waals surface area contributed by atoms with Gasteiger partial charge in [-0.15, -0.1) is 0 Å². The zero-order valence-electron chi connectivity index (χ0n) is 15.0. The molecule has 1 aromatic heterocycles. The van der Waals surface area contributed by atoms with Gasteiger partial charge in [-0.2, -0.15) is 0 Å². The van der Waals surface area contributed by atoms with Crippen LogP contribution in [0.5, 0.6) is 0 Å². The lowest BCUT2D eigenvalue weighted by molar-refractivity contribution is 0.688. The highest BCUT2D eigenvalue weighted by atomic mass is 35.5. The van der Waals surface area contributed by atoms with Crippen LogP contribution in [0.1, 0.15) is 17.0 Å². The molecule has 0 aliphatic heterocycles. The Kier molecular flexibility index (Phi) is 6.74. The highest BCUT2D eigenvalue weighted by Gasteiger charge is 2.06. The van der Waals surface area contributed by atoms with Gasteiger partial charge in [-0.05, 0) is 23.3 Å². The van der Waals surface area contributed by atoms with Crippen molar-refractivity contribution in [1.82, 2.24) is 20.2 Å². The molecule has 140 valence electrons. The molecule has 0 atom stereocenters. The fourth-order valence-corrected chi connectivity index (χ4v) is 3.13. The summed E-state index contributed by atoms with van der Waals surface area (Å²) < 4.78 is 2.12. The van der Waals surface area contributed by atoms with Crippen LogP contribution in [-0.4, -0.2) is 22.6 Å². The summed E-state index contributed by atoms with van der Waals surface area (Å²) in [5, 5.41) is 7.79. The van der Waals surface area contributed by atoms with E-state index in [0.717, 1.165) is 17.9 Å². The maximum absolute atomic E-state index is 6.21. The van der Waals surface area contributed by atoms with E-state index in [-0.39, 0.29) is 0 Å². The predicted molar refractivity (Wildman–Crippen MR) is 111 cm³/mol. The number of halogens is 2. The van der Waals surface area contributed by atoms with Gasteiger partial charge in [-0.1, -0.05) is 59.6 Å². The summed E-state index contributed by atoms with van der Waals surface area (Å²) in [6.45, 7) is 1.90. The average Bonchev–Trinajstić information content (AvgIpc) is 3.11. The minimum absolute atomic E-state index is 0.550. The number of aliphatic imine (C=N–C) groups is 1. The Morgan fingerprint density at radius 3 is 2.59 bits per heavy atom. The summed E-state index contributed by atoms with van der Waals surface area (Å²) >= 11 is 12.2. The van der Waals surface area contributed by atoms with Crippen molar-refractivity contribution in [3.05, 3.63) is 87.9 Å². The lowest BCUT2D eigenvalue weighted by atomic mass is 10.2. The molecule has 0 bridgehead atoms. The lowest BCUT2D eigenvalue weighted by Gasteiger charge is -2.14. The number of nitrogens with one attached hydrogen (secondary N) is 2. The molecule has 0 saturated carbocycles. The van der Waals surface area contributed by atoms with E-state index >= 15 is 0 Å². The Labute approximate surface area is 169 Å². The maximum Gasteiger partial charge on any atom is 0.191 e. The van der Waals surface area contributed by atoms with Crippen LogP contribution in [0.2, 0.25) is 10.0 Å². The van der Waals surface area contributed by atoms with Crippen molar-refractivity contribution in [3.8, 4) is 0 Å². The standard InChI is InChI=1S/C20H21Cl2N5/c1-23-20(25-12-16-7-8-17(21)11-18(16)22)26-13-19-24-9-10-27(19)14-15-5-3-2-4-6-15/h2-11H,12-14H2,1H3,(H2,23,25,26). The summed E-state index contributed by atoms with van der Waals surface area (Å²) in [6.07, 6.45) is 3.79. The molecule has 3 aromatic rings. The summed E-state index contributed by atoms with van der Waals surface area (Å²) in [5.74, 6) is 1.61. The van der Waals surface area contributed by atoms with Gasteiger partial charge in [-0.3, -0.25) is 4.99 Å². The highest BCUT2D eigenvalue weighted by Crippen LogP contribution is 2.20. The molecule has 0 aliphatic carbocycles. The molecule has 0 unspecified atom stereocenters. The van der Waals surface area contributed by atoms with Crippen LogP contribution in [0, 0.1) is 0 Å². The Morgan fingerprint density at radius 1 is 1.07 bits per heavy atom. The topological polar surface area (TPSA) is 54.2 Å². The molecule has 0 fully saturated rings. The zero-order chi connectivity index (χ0) is 19.1. The molecular weight excluding hydrogens is 381 g/mol. The van der Waals surface area contributed by atoms with E-state index in [1.807, 2.05) is 42.7 Å².